The number of oxazole rings is 1. The van der Waals surface area contributed by atoms with Crippen molar-refractivity contribution >= 4 is 17.0 Å². The van der Waals surface area contributed by atoms with Crippen LogP contribution >= 0.6 is 0 Å². The molecule has 5 nitrogen and oxygen atoms in total. The van der Waals surface area contributed by atoms with Crippen molar-refractivity contribution in [3.8, 4) is 17.2 Å². The second-order valence-electron chi connectivity index (χ2n) is 6.60. The lowest BCUT2D eigenvalue weighted by molar-refractivity contribution is 0.0951. The summed E-state index contributed by atoms with van der Waals surface area (Å²) in [6.45, 7) is 2.45. The number of hydrogen-bond acceptors (Lipinski definition) is 4. The van der Waals surface area contributed by atoms with Crippen LogP contribution in [0.3, 0.4) is 0 Å². The molecule has 3 aromatic carbocycles. The van der Waals surface area contributed by atoms with Gasteiger partial charge in [-0.3, -0.25) is 4.79 Å². The number of benzene rings is 3. The lowest BCUT2D eigenvalue weighted by Crippen LogP contribution is -2.22. The van der Waals surface area contributed by atoms with Gasteiger partial charge in [0.05, 0.1) is 7.11 Å². The second-order valence-corrected chi connectivity index (χ2v) is 6.60. The van der Waals surface area contributed by atoms with Crippen LogP contribution in [-0.2, 0) is 6.54 Å². The summed E-state index contributed by atoms with van der Waals surface area (Å²) in [5.41, 5.74) is 5.13. The Morgan fingerprint density at radius 1 is 1.04 bits per heavy atom. The van der Waals surface area contributed by atoms with Crippen LogP contribution < -0.4 is 10.1 Å². The molecule has 0 atom stereocenters. The summed E-state index contributed by atoms with van der Waals surface area (Å²) in [4.78, 5) is 16.7. The Bertz CT molecular complexity index is 1110. The summed E-state index contributed by atoms with van der Waals surface area (Å²) in [6.07, 6.45) is 0. The van der Waals surface area contributed by atoms with Crippen molar-refractivity contribution in [2.75, 3.05) is 7.11 Å². The Morgan fingerprint density at radius 3 is 2.50 bits per heavy atom. The van der Waals surface area contributed by atoms with E-state index in [0.29, 0.717) is 23.6 Å². The number of amides is 1. The molecular weight excluding hydrogens is 352 g/mol. The van der Waals surface area contributed by atoms with Gasteiger partial charge in [0.15, 0.2) is 5.58 Å². The van der Waals surface area contributed by atoms with Gasteiger partial charge in [-0.1, -0.05) is 29.8 Å². The molecule has 1 heterocycles. The topological polar surface area (TPSA) is 64.4 Å². The number of hydrogen-bond donors (Lipinski definition) is 1. The zero-order valence-electron chi connectivity index (χ0n) is 15.7. The minimum atomic E-state index is -0.0861. The fourth-order valence-corrected chi connectivity index (χ4v) is 2.91. The highest BCUT2D eigenvalue weighted by molar-refractivity contribution is 5.94. The van der Waals surface area contributed by atoms with Crippen molar-refractivity contribution in [1.29, 1.82) is 0 Å². The van der Waals surface area contributed by atoms with Crippen molar-refractivity contribution in [1.82, 2.24) is 10.3 Å². The smallest absolute Gasteiger partial charge is 0.251 e. The van der Waals surface area contributed by atoms with E-state index in [4.69, 9.17) is 9.15 Å². The van der Waals surface area contributed by atoms with Crippen LogP contribution in [0, 0.1) is 6.92 Å². The third-order valence-corrected chi connectivity index (χ3v) is 4.56. The molecule has 1 N–H and O–H groups in total. The van der Waals surface area contributed by atoms with Crippen LogP contribution in [0.4, 0.5) is 0 Å². The molecular formula is C23H20N2O3. The Hall–Kier alpha value is -3.60. The minimum Gasteiger partial charge on any atom is -0.497 e. The van der Waals surface area contributed by atoms with E-state index in [9.17, 15) is 4.79 Å². The van der Waals surface area contributed by atoms with Crippen molar-refractivity contribution < 1.29 is 13.9 Å². The SMILES string of the molecule is COc1ccc2oc(-c3ccc(CNC(=O)c4ccc(C)cc4)cc3)nc2c1. The number of carbonyl (C=O) groups excluding carboxylic acids is 1. The van der Waals surface area contributed by atoms with Gasteiger partial charge < -0.3 is 14.5 Å². The summed E-state index contributed by atoms with van der Waals surface area (Å²) in [7, 11) is 1.62. The molecule has 0 fully saturated rings. The van der Waals surface area contributed by atoms with Crippen molar-refractivity contribution in [2.45, 2.75) is 13.5 Å². The van der Waals surface area contributed by atoms with Crippen LogP contribution in [0.25, 0.3) is 22.6 Å². The fourth-order valence-electron chi connectivity index (χ4n) is 2.91. The maximum absolute atomic E-state index is 12.2. The summed E-state index contributed by atoms with van der Waals surface area (Å²) >= 11 is 0. The van der Waals surface area contributed by atoms with E-state index < -0.39 is 0 Å². The van der Waals surface area contributed by atoms with Gasteiger partial charge in [-0.25, -0.2) is 4.98 Å². The normalized spacial score (nSPS) is 10.8. The molecule has 1 aromatic heterocycles. The first-order valence-corrected chi connectivity index (χ1v) is 9.01. The number of aryl methyl sites for hydroxylation is 1. The molecule has 5 heteroatoms. The molecule has 0 bridgehead atoms. The first-order chi connectivity index (χ1) is 13.6. The van der Waals surface area contributed by atoms with Crippen molar-refractivity contribution in [3.05, 3.63) is 83.4 Å². The molecule has 140 valence electrons. The molecule has 0 radical (unpaired) electrons. The number of ether oxygens (including phenoxy) is 1. The van der Waals surface area contributed by atoms with E-state index in [1.54, 1.807) is 7.11 Å². The number of rotatable bonds is 5. The molecule has 0 saturated heterocycles. The monoisotopic (exact) mass is 372 g/mol. The summed E-state index contributed by atoms with van der Waals surface area (Å²) < 4.78 is 11.0. The van der Waals surface area contributed by atoms with Crippen LogP contribution in [-0.4, -0.2) is 18.0 Å². The number of aromatic nitrogens is 1. The number of nitrogens with one attached hydrogen (secondary N) is 1. The second kappa shape index (κ2) is 7.56. The average molecular weight is 372 g/mol. The van der Waals surface area contributed by atoms with Crippen molar-refractivity contribution in [3.63, 3.8) is 0 Å². The molecule has 0 spiro atoms. The number of nitrogens with zero attached hydrogens (tertiary/aromatic N) is 1. The van der Waals surface area contributed by atoms with Gasteiger partial charge in [-0.15, -0.1) is 0 Å². The molecule has 0 unspecified atom stereocenters. The molecule has 4 rings (SSSR count). The van der Waals surface area contributed by atoms with E-state index in [2.05, 4.69) is 10.3 Å². The summed E-state index contributed by atoms with van der Waals surface area (Å²) in [6, 6.07) is 20.9. The van der Waals surface area contributed by atoms with Gasteiger partial charge in [0.25, 0.3) is 5.91 Å². The Balaban J connectivity index is 1.45. The number of methoxy groups -OCH3 is 1. The van der Waals surface area contributed by atoms with Gasteiger partial charge in [0.1, 0.15) is 11.3 Å². The molecule has 0 aliphatic heterocycles. The van der Waals surface area contributed by atoms with E-state index >= 15 is 0 Å². The summed E-state index contributed by atoms with van der Waals surface area (Å²) in [5, 5.41) is 2.94. The fraction of sp³-hybridized carbons (Fsp3) is 0.130. The molecule has 0 aliphatic rings. The van der Waals surface area contributed by atoms with Gasteiger partial charge in [0, 0.05) is 23.7 Å². The maximum atomic E-state index is 12.2. The van der Waals surface area contributed by atoms with Gasteiger partial charge in [-0.05, 0) is 48.9 Å². The average Bonchev–Trinajstić information content (AvgIpc) is 3.16. The highest BCUT2D eigenvalue weighted by Crippen LogP contribution is 2.27. The maximum Gasteiger partial charge on any atom is 0.251 e. The number of carbonyl (C=O) groups is 1. The van der Waals surface area contributed by atoms with Crippen LogP contribution in [0.1, 0.15) is 21.5 Å². The molecule has 0 aliphatic carbocycles. The highest BCUT2D eigenvalue weighted by Gasteiger charge is 2.10. The third-order valence-electron chi connectivity index (χ3n) is 4.56. The molecule has 4 aromatic rings. The molecule has 28 heavy (non-hydrogen) atoms. The van der Waals surface area contributed by atoms with Crippen LogP contribution in [0.15, 0.2) is 71.1 Å². The van der Waals surface area contributed by atoms with Gasteiger partial charge >= 0.3 is 0 Å². The predicted molar refractivity (Wildman–Crippen MR) is 108 cm³/mol. The lowest BCUT2D eigenvalue weighted by atomic mass is 10.1. The van der Waals surface area contributed by atoms with Crippen molar-refractivity contribution in [2.24, 2.45) is 0 Å². The minimum absolute atomic E-state index is 0.0861. The zero-order valence-corrected chi connectivity index (χ0v) is 15.7. The first-order valence-electron chi connectivity index (χ1n) is 9.01. The Kier molecular flexibility index (Phi) is 4.81. The molecule has 0 saturated carbocycles. The summed E-state index contributed by atoms with van der Waals surface area (Å²) in [5.74, 6) is 1.21. The largest absolute Gasteiger partial charge is 0.497 e. The number of fused-ring (bicyclic) bond motifs is 1. The van der Waals surface area contributed by atoms with Gasteiger partial charge in [-0.2, -0.15) is 0 Å². The first kappa shape index (κ1) is 17.8. The van der Waals surface area contributed by atoms with E-state index in [0.717, 1.165) is 28.0 Å². The van der Waals surface area contributed by atoms with Gasteiger partial charge in [0.2, 0.25) is 5.89 Å². The lowest BCUT2D eigenvalue weighted by Gasteiger charge is -2.06. The highest BCUT2D eigenvalue weighted by atomic mass is 16.5. The van der Waals surface area contributed by atoms with Crippen LogP contribution in [0.5, 0.6) is 5.75 Å². The van der Waals surface area contributed by atoms with Crippen LogP contribution in [0.2, 0.25) is 0 Å². The third kappa shape index (κ3) is 3.74. The Morgan fingerprint density at radius 2 is 1.79 bits per heavy atom. The Labute approximate surface area is 163 Å². The van der Waals surface area contributed by atoms with E-state index in [-0.39, 0.29) is 5.91 Å². The zero-order chi connectivity index (χ0) is 19.5. The van der Waals surface area contributed by atoms with E-state index in [1.165, 1.54) is 0 Å². The molecule has 1 amide bonds. The quantitative estimate of drug-likeness (QED) is 0.549. The predicted octanol–water partition coefficient (Wildman–Crippen LogP) is 4.74. The standard InChI is InChI=1S/C23H20N2O3/c1-15-3-7-17(8-4-15)22(26)24-14-16-5-9-18(10-6-16)23-25-20-13-19(27-2)11-12-21(20)28-23/h3-13H,14H2,1-2H3,(H,24,26). The van der Waals surface area contributed by atoms with E-state index in [1.807, 2.05) is 73.7 Å².